The summed E-state index contributed by atoms with van der Waals surface area (Å²) >= 11 is 0. The van der Waals surface area contributed by atoms with E-state index in [0.29, 0.717) is 30.9 Å². The lowest BCUT2D eigenvalue weighted by atomic mass is 9.95. The van der Waals surface area contributed by atoms with E-state index in [1.165, 1.54) is 0 Å². The number of nitrogens with zero attached hydrogens (tertiary/aromatic N) is 4. The van der Waals surface area contributed by atoms with Crippen molar-refractivity contribution in [1.29, 1.82) is 0 Å². The molecule has 36 heavy (non-hydrogen) atoms. The molecule has 2 N–H and O–H groups in total. The molecule has 2 aliphatic heterocycles. The van der Waals surface area contributed by atoms with Crippen molar-refractivity contribution in [2.75, 3.05) is 49.3 Å². The van der Waals surface area contributed by atoms with Crippen LogP contribution in [0.15, 0.2) is 61.1 Å². The number of rotatable bonds is 6. The minimum absolute atomic E-state index is 0.106. The van der Waals surface area contributed by atoms with E-state index in [0.717, 1.165) is 33.8 Å². The third-order valence-corrected chi connectivity index (χ3v) is 6.40. The number of alkyl halides is 2. The number of fused-ring (bicyclic) bond motifs is 1. The van der Waals surface area contributed by atoms with E-state index < -0.39 is 5.92 Å². The second kappa shape index (κ2) is 9.66. The van der Waals surface area contributed by atoms with E-state index in [9.17, 15) is 13.6 Å². The van der Waals surface area contributed by atoms with E-state index in [2.05, 4.69) is 20.6 Å². The highest BCUT2D eigenvalue weighted by atomic mass is 19.3. The predicted molar refractivity (Wildman–Crippen MR) is 138 cm³/mol. The molecule has 3 aromatic rings. The number of hydrogen-bond acceptors (Lipinski definition) is 6. The van der Waals surface area contributed by atoms with Crippen molar-refractivity contribution in [3.05, 3.63) is 72.2 Å². The van der Waals surface area contributed by atoms with Crippen molar-refractivity contribution in [2.45, 2.75) is 18.9 Å². The number of anilines is 3. The Balaban J connectivity index is 1.35. The Morgan fingerprint density at radius 2 is 2.00 bits per heavy atom. The highest BCUT2D eigenvalue weighted by Crippen LogP contribution is 2.33. The molecule has 0 spiro atoms. The molecule has 1 amide bonds. The molecule has 0 radical (unpaired) electrons. The van der Waals surface area contributed by atoms with Gasteiger partial charge in [-0.3, -0.25) is 14.7 Å². The SMILES string of the molecule is CN(C)c1ccc(NC(=O)C2=CCNc3ccc(-c4cncc(CN5CCC(F)(F)C5)c4)cc32)cn1. The average molecular weight is 491 g/mol. The summed E-state index contributed by atoms with van der Waals surface area (Å²) < 4.78 is 27.2. The van der Waals surface area contributed by atoms with Crippen LogP contribution in [0.4, 0.5) is 26.0 Å². The van der Waals surface area contributed by atoms with Gasteiger partial charge in [0, 0.05) is 74.9 Å². The molecule has 186 valence electrons. The first-order valence-corrected chi connectivity index (χ1v) is 11.9. The number of nitrogens with one attached hydrogen (secondary N) is 2. The molecule has 4 heterocycles. The summed E-state index contributed by atoms with van der Waals surface area (Å²) in [6.07, 6.45) is 6.87. The first kappa shape index (κ1) is 23.9. The maximum atomic E-state index is 13.6. The van der Waals surface area contributed by atoms with Crippen molar-refractivity contribution < 1.29 is 13.6 Å². The number of pyridine rings is 2. The van der Waals surface area contributed by atoms with Gasteiger partial charge in [0.15, 0.2) is 0 Å². The van der Waals surface area contributed by atoms with Gasteiger partial charge in [0.25, 0.3) is 11.8 Å². The van der Waals surface area contributed by atoms with Crippen LogP contribution in [0, 0.1) is 0 Å². The van der Waals surface area contributed by atoms with E-state index in [1.54, 1.807) is 23.5 Å². The maximum absolute atomic E-state index is 13.6. The van der Waals surface area contributed by atoms with Gasteiger partial charge < -0.3 is 15.5 Å². The number of amides is 1. The van der Waals surface area contributed by atoms with Crippen LogP contribution in [0.2, 0.25) is 0 Å². The number of carbonyl (C=O) groups is 1. The lowest BCUT2D eigenvalue weighted by molar-refractivity contribution is -0.111. The fourth-order valence-electron chi connectivity index (χ4n) is 4.54. The van der Waals surface area contributed by atoms with Gasteiger partial charge in [-0.15, -0.1) is 0 Å². The molecule has 5 rings (SSSR count). The molecule has 1 fully saturated rings. The Morgan fingerprint density at radius 3 is 2.72 bits per heavy atom. The summed E-state index contributed by atoms with van der Waals surface area (Å²) in [4.78, 5) is 25.5. The number of aromatic nitrogens is 2. The average Bonchev–Trinajstić information content (AvgIpc) is 3.21. The zero-order valence-corrected chi connectivity index (χ0v) is 20.3. The molecule has 2 aliphatic rings. The molecule has 0 unspecified atom stereocenters. The number of likely N-dealkylation sites (tertiary alicyclic amines) is 1. The molecule has 1 aromatic carbocycles. The maximum Gasteiger partial charge on any atom is 0.261 e. The highest BCUT2D eigenvalue weighted by Gasteiger charge is 2.37. The largest absolute Gasteiger partial charge is 0.381 e. The van der Waals surface area contributed by atoms with E-state index in [4.69, 9.17) is 0 Å². The number of halogens is 2. The molecule has 9 heteroatoms. The predicted octanol–water partition coefficient (Wildman–Crippen LogP) is 4.50. The molecule has 0 atom stereocenters. The van der Waals surface area contributed by atoms with Gasteiger partial charge in [-0.05, 0) is 41.5 Å². The van der Waals surface area contributed by atoms with Crippen molar-refractivity contribution >= 4 is 28.7 Å². The smallest absolute Gasteiger partial charge is 0.261 e. The topological polar surface area (TPSA) is 73.4 Å². The second-order valence-corrected chi connectivity index (χ2v) is 9.41. The van der Waals surface area contributed by atoms with Crippen molar-refractivity contribution in [1.82, 2.24) is 14.9 Å². The second-order valence-electron chi connectivity index (χ2n) is 9.41. The minimum atomic E-state index is -2.62. The van der Waals surface area contributed by atoms with Crippen LogP contribution in [0.1, 0.15) is 17.5 Å². The Morgan fingerprint density at radius 1 is 1.14 bits per heavy atom. The highest BCUT2D eigenvalue weighted by molar-refractivity contribution is 6.27. The zero-order valence-electron chi connectivity index (χ0n) is 20.3. The fourth-order valence-corrected chi connectivity index (χ4v) is 4.54. The van der Waals surface area contributed by atoms with Gasteiger partial charge in [-0.25, -0.2) is 13.8 Å². The third kappa shape index (κ3) is 5.21. The molecule has 0 aliphatic carbocycles. The van der Waals surface area contributed by atoms with Gasteiger partial charge in [0.2, 0.25) is 0 Å². The molecular weight excluding hydrogens is 462 g/mol. The standard InChI is InChI=1S/C27H28F2N6O/c1-34(2)25-6-4-21(15-32-25)33-26(36)22-7-9-31-24-5-3-19(12-23(22)24)20-11-18(13-30-14-20)16-35-10-8-27(28,29)17-35/h3-7,11-15,31H,8-10,16-17H2,1-2H3,(H,33,36). The lowest BCUT2D eigenvalue weighted by Gasteiger charge is -2.20. The Hall–Kier alpha value is -3.85. The lowest BCUT2D eigenvalue weighted by Crippen LogP contribution is -2.24. The van der Waals surface area contributed by atoms with Gasteiger partial charge >= 0.3 is 0 Å². The number of hydrogen-bond donors (Lipinski definition) is 2. The Labute approximate surface area is 208 Å². The van der Waals surface area contributed by atoms with Gasteiger partial charge in [0.1, 0.15) is 5.82 Å². The molecule has 0 saturated carbocycles. The van der Waals surface area contributed by atoms with Crippen LogP contribution < -0.4 is 15.5 Å². The van der Waals surface area contributed by atoms with Gasteiger partial charge in [0.05, 0.1) is 18.4 Å². The number of carbonyl (C=O) groups excluding carboxylic acids is 1. The Bertz CT molecular complexity index is 1310. The van der Waals surface area contributed by atoms with Crippen LogP contribution in [0.3, 0.4) is 0 Å². The van der Waals surface area contributed by atoms with E-state index in [-0.39, 0.29) is 18.9 Å². The molecular formula is C27H28F2N6O. The molecule has 0 bridgehead atoms. The van der Waals surface area contributed by atoms with Crippen LogP contribution in [-0.2, 0) is 11.3 Å². The quantitative estimate of drug-likeness (QED) is 0.530. The molecule has 1 saturated heterocycles. The molecule has 2 aromatic heterocycles. The first-order valence-electron chi connectivity index (χ1n) is 11.9. The van der Waals surface area contributed by atoms with Crippen molar-refractivity contribution in [3.63, 3.8) is 0 Å². The number of benzene rings is 1. The fraction of sp³-hybridized carbons (Fsp3) is 0.296. The molecule has 7 nitrogen and oxygen atoms in total. The summed E-state index contributed by atoms with van der Waals surface area (Å²) in [5.41, 5.74) is 5.50. The summed E-state index contributed by atoms with van der Waals surface area (Å²) in [7, 11) is 3.82. The van der Waals surface area contributed by atoms with Crippen LogP contribution in [0.25, 0.3) is 16.7 Å². The van der Waals surface area contributed by atoms with Crippen molar-refractivity contribution in [3.8, 4) is 11.1 Å². The summed E-state index contributed by atoms with van der Waals surface area (Å²) in [6, 6.07) is 11.5. The summed E-state index contributed by atoms with van der Waals surface area (Å²) in [5.74, 6) is -2.03. The van der Waals surface area contributed by atoms with E-state index in [1.807, 2.05) is 61.5 Å². The van der Waals surface area contributed by atoms with E-state index >= 15 is 0 Å². The van der Waals surface area contributed by atoms with Crippen LogP contribution in [-0.4, -0.2) is 60.4 Å². The first-order chi connectivity index (χ1) is 17.3. The van der Waals surface area contributed by atoms with Crippen LogP contribution >= 0.6 is 0 Å². The Kier molecular flexibility index (Phi) is 6.40. The minimum Gasteiger partial charge on any atom is -0.381 e. The summed E-state index contributed by atoms with van der Waals surface area (Å²) in [6.45, 7) is 1.12. The third-order valence-electron chi connectivity index (χ3n) is 6.40. The monoisotopic (exact) mass is 490 g/mol. The normalized spacial score (nSPS) is 16.6. The zero-order chi connectivity index (χ0) is 25.3. The van der Waals surface area contributed by atoms with Gasteiger partial charge in [-0.2, -0.15) is 0 Å². The van der Waals surface area contributed by atoms with Crippen molar-refractivity contribution in [2.24, 2.45) is 0 Å². The summed E-state index contributed by atoms with van der Waals surface area (Å²) in [5, 5.41) is 6.25. The van der Waals surface area contributed by atoms with Gasteiger partial charge in [-0.1, -0.05) is 12.1 Å². The van der Waals surface area contributed by atoms with Crippen LogP contribution in [0.5, 0.6) is 0 Å².